The first-order chi connectivity index (χ1) is 18.9. The highest BCUT2D eigenvalue weighted by Gasteiger charge is 2.22. The molecule has 39 heavy (non-hydrogen) atoms. The van der Waals surface area contributed by atoms with Gasteiger partial charge in [-0.05, 0) is 100 Å². The van der Waals surface area contributed by atoms with Gasteiger partial charge in [-0.25, -0.2) is 8.78 Å². The molecule has 4 aromatic rings. The van der Waals surface area contributed by atoms with Crippen LogP contribution < -0.4 is 4.74 Å². The summed E-state index contributed by atoms with van der Waals surface area (Å²) in [6.07, 6.45) is 8.70. The van der Waals surface area contributed by atoms with Crippen LogP contribution in [0.5, 0.6) is 5.75 Å². The van der Waals surface area contributed by atoms with Crippen LogP contribution in [0.4, 0.5) is 8.78 Å². The van der Waals surface area contributed by atoms with Crippen molar-refractivity contribution in [2.75, 3.05) is 39.8 Å². The van der Waals surface area contributed by atoms with E-state index in [4.69, 9.17) is 4.74 Å². The van der Waals surface area contributed by atoms with Crippen LogP contribution in [-0.4, -0.2) is 66.0 Å². The molecule has 0 bridgehead atoms. The number of methoxy groups -OCH3 is 1. The molecule has 0 saturated carbocycles. The second kappa shape index (κ2) is 13.6. The minimum atomic E-state index is -0.790. The molecule has 8 heteroatoms. The van der Waals surface area contributed by atoms with Crippen molar-refractivity contribution in [1.82, 2.24) is 19.8 Å². The van der Waals surface area contributed by atoms with Gasteiger partial charge in [-0.15, -0.1) is 0 Å². The van der Waals surface area contributed by atoms with Crippen molar-refractivity contribution in [3.8, 4) is 5.75 Å². The number of likely N-dealkylation sites (tertiary alicyclic amines) is 2. The fraction of sp³-hybridized carbons (Fsp3) is 0.452. The van der Waals surface area contributed by atoms with E-state index in [1.807, 2.05) is 36.2 Å². The van der Waals surface area contributed by atoms with Crippen LogP contribution in [0.2, 0.25) is 0 Å². The van der Waals surface area contributed by atoms with Crippen molar-refractivity contribution < 1.29 is 18.3 Å². The highest BCUT2D eigenvalue weighted by molar-refractivity contribution is 5.84. The number of hydrogen-bond donors (Lipinski definition) is 2. The summed E-state index contributed by atoms with van der Waals surface area (Å²) in [5.74, 6) is -0.205. The summed E-state index contributed by atoms with van der Waals surface area (Å²) in [7, 11) is 1.68. The van der Waals surface area contributed by atoms with Crippen molar-refractivity contribution in [1.29, 1.82) is 0 Å². The lowest BCUT2D eigenvalue weighted by Gasteiger charge is -2.30. The van der Waals surface area contributed by atoms with Gasteiger partial charge in [0.05, 0.1) is 7.11 Å². The van der Waals surface area contributed by atoms with Gasteiger partial charge in [0.15, 0.2) is 11.6 Å². The van der Waals surface area contributed by atoms with Crippen molar-refractivity contribution in [2.45, 2.75) is 51.9 Å². The molecule has 210 valence electrons. The SMILES string of the molecule is CCN1CCC(c2c[nH]c3cc(F)c(F)cc23)CC1.COc1ccc2[nH]c(C)cc2c1.O=CN1CCCCC1. The number of carbonyl (C=O) groups excluding carboxylic acids is 1. The number of aryl methyl sites for hydroxylation is 1. The smallest absolute Gasteiger partial charge is 0.209 e. The molecule has 0 radical (unpaired) electrons. The van der Waals surface area contributed by atoms with Crippen LogP contribution in [0.3, 0.4) is 0 Å². The highest BCUT2D eigenvalue weighted by atomic mass is 19.2. The monoisotopic (exact) mass is 538 g/mol. The quantitative estimate of drug-likeness (QED) is 0.282. The summed E-state index contributed by atoms with van der Waals surface area (Å²) in [6.45, 7) is 9.42. The van der Waals surface area contributed by atoms with E-state index in [9.17, 15) is 13.6 Å². The number of halogens is 2. The van der Waals surface area contributed by atoms with E-state index >= 15 is 0 Å². The number of amides is 1. The van der Waals surface area contributed by atoms with Crippen LogP contribution in [0.25, 0.3) is 21.8 Å². The lowest BCUT2D eigenvalue weighted by Crippen LogP contribution is -2.32. The van der Waals surface area contributed by atoms with E-state index in [0.717, 1.165) is 74.2 Å². The minimum Gasteiger partial charge on any atom is -0.497 e. The summed E-state index contributed by atoms with van der Waals surface area (Å²) in [5, 5.41) is 2.03. The maximum Gasteiger partial charge on any atom is 0.209 e. The Morgan fingerprint density at radius 3 is 2.33 bits per heavy atom. The molecule has 0 spiro atoms. The first-order valence-electron chi connectivity index (χ1n) is 13.9. The zero-order valence-corrected chi connectivity index (χ0v) is 23.2. The van der Waals surface area contributed by atoms with Gasteiger partial charge in [-0.2, -0.15) is 0 Å². The molecule has 6 nitrogen and oxygen atoms in total. The molecule has 0 unspecified atom stereocenters. The Hall–Kier alpha value is -3.39. The molecule has 6 rings (SSSR count). The summed E-state index contributed by atoms with van der Waals surface area (Å²) in [5.41, 5.74) is 4.16. The highest BCUT2D eigenvalue weighted by Crippen LogP contribution is 2.33. The van der Waals surface area contributed by atoms with Gasteiger partial charge < -0.3 is 24.5 Å². The third-order valence-electron chi connectivity index (χ3n) is 7.73. The van der Waals surface area contributed by atoms with Gasteiger partial charge in [-0.1, -0.05) is 6.92 Å². The van der Waals surface area contributed by atoms with E-state index in [1.54, 1.807) is 7.11 Å². The molecule has 1 amide bonds. The second-order valence-corrected chi connectivity index (χ2v) is 10.4. The van der Waals surface area contributed by atoms with Gasteiger partial charge in [0.25, 0.3) is 0 Å². The van der Waals surface area contributed by atoms with E-state index in [0.29, 0.717) is 11.4 Å². The molecule has 2 N–H and O–H groups in total. The predicted molar refractivity (Wildman–Crippen MR) is 153 cm³/mol. The Labute approximate surface area is 229 Å². The van der Waals surface area contributed by atoms with Crippen molar-refractivity contribution >= 4 is 28.2 Å². The third-order valence-corrected chi connectivity index (χ3v) is 7.73. The zero-order chi connectivity index (χ0) is 27.8. The predicted octanol–water partition coefficient (Wildman–Crippen LogP) is 6.76. The lowest BCUT2D eigenvalue weighted by atomic mass is 9.89. The Morgan fingerprint density at radius 1 is 0.974 bits per heavy atom. The lowest BCUT2D eigenvalue weighted by molar-refractivity contribution is -0.118. The number of hydrogen-bond acceptors (Lipinski definition) is 3. The summed E-state index contributed by atoms with van der Waals surface area (Å²) in [4.78, 5) is 20.7. The molecular weight excluding hydrogens is 498 g/mol. The average Bonchev–Trinajstić information content (AvgIpc) is 3.55. The van der Waals surface area contributed by atoms with Crippen molar-refractivity contribution in [2.24, 2.45) is 0 Å². The molecule has 2 saturated heterocycles. The molecule has 2 aromatic carbocycles. The molecule has 2 aliphatic heterocycles. The minimum absolute atomic E-state index is 0.446. The normalized spacial score (nSPS) is 16.4. The van der Waals surface area contributed by atoms with E-state index < -0.39 is 11.6 Å². The largest absolute Gasteiger partial charge is 0.497 e. The van der Waals surface area contributed by atoms with E-state index in [1.165, 1.54) is 42.5 Å². The standard InChI is InChI=1S/C15H18F2N2.C10H11NO.C6H11NO/c1-2-19-5-3-10(4-6-19)12-9-18-15-8-14(17)13(16)7-11(12)15;1-7-5-8-6-9(12-2)3-4-10(8)11-7;8-6-7-4-2-1-3-5-7/h7-10,18H,2-6H2,1H3;3-6,11H,1-2H3;6H,1-5H2. The van der Waals surface area contributed by atoms with Crippen LogP contribution in [0, 0.1) is 18.6 Å². The molecule has 0 atom stereocenters. The number of nitrogens with one attached hydrogen (secondary N) is 2. The van der Waals surface area contributed by atoms with Crippen molar-refractivity contribution in [3.63, 3.8) is 0 Å². The average molecular weight is 539 g/mol. The number of nitrogens with zero attached hydrogens (tertiary/aromatic N) is 2. The topological polar surface area (TPSA) is 64.4 Å². The molecule has 4 heterocycles. The molecular formula is C31H40F2N4O2. The molecule has 2 aliphatic rings. The number of H-pyrrole nitrogens is 2. The number of aromatic nitrogens is 2. The number of rotatable bonds is 4. The van der Waals surface area contributed by atoms with Crippen LogP contribution in [0.15, 0.2) is 42.6 Å². The fourth-order valence-electron chi connectivity index (χ4n) is 5.44. The Balaban J connectivity index is 0.000000150. The molecule has 2 aromatic heterocycles. The number of fused-ring (bicyclic) bond motifs is 2. The first-order valence-corrected chi connectivity index (χ1v) is 13.9. The number of aromatic amines is 2. The summed E-state index contributed by atoms with van der Waals surface area (Å²) in [6, 6.07) is 10.7. The van der Waals surface area contributed by atoms with Gasteiger partial charge in [0.2, 0.25) is 6.41 Å². The Kier molecular flexibility index (Phi) is 9.98. The summed E-state index contributed by atoms with van der Waals surface area (Å²) >= 11 is 0. The van der Waals surface area contributed by atoms with E-state index in [-0.39, 0.29) is 0 Å². The van der Waals surface area contributed by atoms with Crippen LogP contribution in [-0.2, 0) is 4.79 Å². The van der Waals surface area contributed by atoms with Gasteiger partial charge in [0.1, 0.15) is 5.75 Å². The van der Waals surface area contributed by atoms with Crippen molar-refractivity contribution in [3.05, 3.63) is 65.5 Å². The van der Waals surface area contributed by atoms with E-state index in [2.05, 4.69) is 27.9 Å². The number of ether oxygens (including phenoxy) is 1. The summed E-state index contributed by atoms with van der Waals surface area (Å²) < 4.78 is 31.7. The second-order valence-electron chi connectivity index (χ2n) is 10.4. The van der Waals surface area contributed by atoms with Gasteiger partial charge in [-0.3, -0.25) is 4.79 Å². The molecule has 2 fully saturated rings. The zero-order valence-electron chi connectivity index (χ0n) is 23.2. The maximum absolute atomic E-state index is 13.4. The Morgan fingerprint density at radius 2 is 1.69 bits per heavy atom. The number of carbonyl (C=O) groups is 1. The van der Waals surface area contributed by atoms with Gasteiger partial charge >= 0.3 is 0 Å². The Bertz CT molecular complexity index is 1350. The first kappa shape index (κ1) is 28.6. The number of piperidine rings is 2. The molecule has 0 aliphatic carbocycles. The number of benzene rings is 2. The maximum atomic E-state index is 13.4. The fourth-order valence-corrected chi connectivity index (χ4v) is 5.44. The third kappa shape index (κ3) is 7.38. The van der Waals surface area contributed by atoms with Crippen LogP contribution >= 0.6 is 0 Å². The van der Waals surface area contributed by atoms with Crippen LogP contribution in [0.1, 0.15) is 56.2 Å². The van der Waals surface area contributed by atoms with Gasteiger partial charge in [0, 0.05) is 52.9 Å².